The molecule has 0 aliphatic heterocycles. The number of pyridine rings is 2. The van der Waals surface area contributed by atoms with Crippen molar-refractivity contribution in [3.05, 3.63) is 36.3 Å². The molecule has 0 bridgehead atoms. The number of aromatic amines is 1. The number of hydrogen-bond donors (Lipinski definition) is 3. The van der Waals surface area contributed by atoms with Gasteiger partial charge >= 0.3 is 6.03 Å². The molecule has 27 heavy (non-hydrogen) atoms. The Balaban J connectivity index is 1.29. The SMILES string of the molecule is O=C(NCC1CC1)NC1CCC(c2cc[nH]c3cnc4nccc4c23)CC1. The van der Waals surface area contributed by atoms with Gasteiger partial charge in [0.15, 0.2) is 5.65 Å². The van der Waals surface area contributed by atoms with Gasteiger partial charge in [-0.15, -0.1) is 0 Å². The first-order valence-electron chi connectivity index (χ1n) is 10.0. The minimum absolute atomic E-state index is 0.000698. The lowest BCUT2D eigenvalue weighted by Crippen LogP contribution is -2.44. The molecule has 2 amide bonds. The van der Waals surface area contributed by atoms with Crippen LogP contribution in [-0.2, 0) is 0 Å². The molecule has 0 aromatic carbocycles. The summed E-state index contributed by atoms with van der Waals surface area (Å²) in [5.74, 6) is 1.22. The Morgan fingerprint density at radius 1 is 1.11 bits per heavy atom. The van der Waals surface area contributed by atoms with Gasteiger partial charge < -0.3 is 15.6 Å². The minimum atomic E-state index is 0.000698. The van der Waals surface area contributed by atoms with Gasteiger partial charge in [-0.05, 0) is 68.1 Å². The number of H-pyrrole nitrogens is 1. The van der Waals surface area contributed by atoms with Crippen molar-refractivity contribution in [3.8, 4) is 0 Å². The number of carbonyl (C=O) groups excluding carboxylic acids is 1. The zero-order chi connectivity index (χ0) is 18.2. The number of nitrogens with one attached hydrogen (secondary N) is 3. The maximum Gasteiger partial charge on any atom is 0.315 e. The van der Waals surface area contributed by atoms with Gasteiger partial charge in [0.05, 0.1) is 11.7 Å². The van der Waals surface area contributed by atoms with E-state index in [9.17, 15) is 4.79 Å². The van der Waals surface area contributed by atoms with Crippen LogP contribution in [0.1, 0.15) is 50.0 Å². The molecule has 2 saturated carbocycles. The number of urea groups is 1. The first kappa shape index (κ1) is 16.5. The normalized spacial score (nSPS) is 22.8. The lowest BCUT2D eigenvalue weighted by Gasteiger charge is -2.30. The van der Waals surface area contributed by atoms with Gasteiger partial charge in [0, 0.05) is 35.8 Å². The molecular formula is C21H25N5O. The van der Waals surface area contributed by atoms with Crippen LogP contribution in [0, 0.1) is 5.92 Å². The molecular weight excluding hydrogens is 338 g/mol. The number of aromatic nitrogens is 3. The number of rotatable bonds is 4. The summed E-state index contributed by atoms with van der Waals surface area (Å²) in [6, 6.07) is 4.54. The molecule has 3 aromatic rings. The summed E-state index contributed by atoms with van der Waals surface area (Å²) in [6.45, 7) is 0.825. The molecule has 3 N–H and O–H groups in total. The molecule has 6 nitrogen and oxygen atoms in total. The Labute approximate surface area is 158 Å². The zero-order valence-corrected chi connectivity index (χ0v) is 15.4. The van der Waals surface area contributed by atoms with Gasteiger partial charge in [-0.1, -0.05) is 0 Å². The Morgan fingerprint density at radius 2 is 1.96 bits per heavy atom. The maximum absolute atomic E-state index is 12.0. The number of carbonyl (C=O) groups is 1. The van der Waals surface area contributed by atoms with Crippen molar-refractivity contribution in [2.24, 2.45) is 5.92 Å². The standard InChI is InChI=1S/C21H25N5O/c27-21(25-11-13-1-2-13)26-15-5-3-14(4-6-15)16-7-9-22-18-12-24-20-17(19(16)18)8-10-23-20/h7-10,12-15,22H,1-6,11H2,(H2,25,26,27). The molecule has 0 atom stereocenters. The molecule has 6 heteroatoms. The molecule has 140 valence electrons. The van der Waals surface area contributed by atoms with Gasteiger partial charge in [-0.3, -0.25) is 0 Å². The first-order chi connectivity index (χ1) is 13.3. The van der Waals surface area contributed by atoms with E-state index in [1.165, 1.54) is 23.8 Å². The minimum Gasteiger partial charge on any atom is -0.360 e. The van der Waals surface area contributed by atoms with E-state index in [0.717, 1.165) is 48.8 Å². The molecule has 0 radical (unpaired) electrons. The number of amides is 2. The van der Waals surface area contributed by atoms with E-state index in [4.69, 9.17) is 0 Å². The van der Waals surface area contributed by atoms with E-state index in [-0.39, 0.29) is 12.1 Å². The van der Waals surface area contributed by atoms with E-state index in [1.54, 1.807) is 0 Å². The number of nitrogens with zero attached hydrogens (tertiary/aromatic N) is 2. The Hall–Kier alpha value is -2.63. The fourth-order valence-corrected chi connectivity index (χ4v) is 4.37. The summed E-state index contributed by atoms with van der Waals surface area (Å²) < 4.78 is 0. The lowest BCUT2D eigenvalue weighted by molar-refractivity contribution is 0.231. The average molecular weight is 363 g/mol. The molecule has 0 saturated heterocycles. The molecule has 2 aliphatic rings. The predicted octanol–water partition coefficient (Wildman–Crippen LogP) is 3.85. The van der Waals surface area contributed by atoms with Crippen molar-refractivity contribution in [1.29, 1.82) is 0 Å². The number of hydrogen-bond acceptors (Lipinski definition) is 3. The fourth-order valence-electron chi connectivity index (χ4n) is 4.37. The Kier molecular flexibility index (Phi) is 4.19. The third kappa shape index (κ3) is 3.36. The molecule has 0 unspecified atom stereocenters. The molecule has 3 heterocycles. The van der Waals surface area contributed by atoms with Crippen LogP contribution in [0.15, 0.2) is 30.7 Å². The highest BCUT2D eigenvalue weighted by molar-refractivity contribution is 6.05. The quantitative estimate of drug-likeness (QED) is 0.658. The van der Waals surface area contributed by atoms with Gasteiger partial charge in [0.2, 0.25) is 0 Å². The Bertz CT molecular complexity index is 969. The third-order valence-corrected chi connectivity index (χ3v) is 6.07. The van der Waals surface area contributed by atoms with Crippen molar-refractivity contribution in [1.82, 2.24) is 25.6 Å². The number of fused-ring (bicyclic) bond motifs is 3. The molecule has 3 aromatic heterocycles. The predicted molar refractivity (Wildman–Crippen MR) is 106 cm³/mol. The highest BCUT2D eigenvalue weighted by Gasteiger charge is 2.26. The monoisotopic (exact) mass is 363 g/mol. The van der Waals surface area contributed by atoms with Gasteiger partial charge in [0.25, 0.3) is 0 Å². The van der Waals surface area contributed by atoms with Crippen LogP contribution in [-0.4, -0.2) is 33.6 Å². The van der Waals surface area contributed by atoms with Crippen molar-refractivity contribution >= 4 is 28.0 Å². The third-order valence-electron chi connectivity index (χ3n) is 6.07. The fraction of sp³-hybridized carbons (Fsp3) is 0.476. The van der Waals surface area contributed by atoms with E-state index < -0.39 is 0 Å². The van der Waals surface area contributed by atoms with Gasteiger partial charge in [-0.25, -0.2) is 14.8 Å². The first-order valence-corrected chi connectivity index (χ1v) is 10.0. The second kappa shape index (κ2) is 6.83. The van der Waals surface area contributed by atoms with E-state index >= 15 is 0 Å². The van der Waals surface area contributed by atoms with Crippen LogP contribution in [0.4, 0.5) is 4.79 Å². The van der Waals surface area contributed by atoms with Crippen molar-refractivity contribution in [3.63, 3.8) is 0 Å². The second-order valence-corrected chi connectivity index (χ2v) is 8.01. The summed E-state index contributed by atoms with van der Waals surface area (Å²) in [7, 11) is 0. The van der Waals surface area contributed by atoms with Crippen molar-refractivity contribution in [2.75, 3.05) is 6.54 Å². The topological polar surface area (TPSA) is 82.7 Å². The van der Waals surface area contributed by atoms with Crippen molar-refractivity contribution in [2.45, 2.75) is 50.5 Å². The van der Waals surface area contributed by atoms with Crippen LogP contribution in [0.5, 0.6) is 0 Å². The molecule has 0 spiro atoms. The molecule has 2 fully saturated rings. The smallest absolute Gasteiger partial charge is 0.315 e. The second-order valence-electron chi connectivity index (χ2n) is 8.01. The van der Waals surface area contributed by atoms with Crippen LogP contribution in [0.25, 0.3) is 21.9 Å². The Morgan fingerprint density at radius 3 is 2.78 bits per heavy atom. The van der Waals surface area contributed by atoms with Gasteiger partial charge in [-0.2, -0.15) is 0 Å². The van der Waals surface area contributed by atoms with Gasteiger partial charge in [0.1, 0.15) is 0 Å². The zero-order valence-electron chi connectivity index (χ0n) is 15.4. The molecule has 5 rings (SSSR count). The summed E-state index contributed by atoms with van der Waals surface area (Å²) >= 11 is 0. The van der Waals surface area contributed by atoms with Crippen LogP contribution in [0.3, 0.4) is 0 Å². The highest BCUT2D eigenvalue weighted by atomic mass is 16.2. The van der Waals surface area contributed by atoms with E-state index in [2.05, 4.69) is 37.7 Å². The van der Waals surface area contributed by atoms with Crippen LogP contribution in [0.2, 0.25) is 0 Å². The highest BCUT2D eigenvalue weighted by Crippen LogP contribution is 2.38. The summed E-state index contributed by atoms with van der Waals surface area (Å²) in [6.07, 6.45) is 12.5. The summed E-state index contributed by atoms with van der Waals surface area (Å²) in [5, 5.41) is 8.54. The van der Waals surface area contributed by atoms with Crippen molar-refractivity contribution < 1.29 is 4.79 Å². The maximum atomic E-state index is 12.0. The molecule has 2 aliphatic carbocycles. The average Bonchev–Trinajstić information content (AvgIpc) is 3.40. The van der Waals surface area contributed by atoms with Crippen LogP contribution >= 0.6 is 0 Å². The summed E-state index contributed by atoms with van der Waals surface area (Å²) in [4.78, 5) is 24.2. The summed E-state index contributed by atoms with van der Waals surface area (Å²) in [5.41, 5.74) is 3.25. The largest absolute Gasteiger partial charge is 0.360 e. The van der Waals surface area contributed by atoms with Crippen LogP contribution < -0.4 is 10.6 Å². The van der Waals surface area contributed by atoms with E-state index in [0.29, 0.717) is 11.8 Å². The lowest BCUT2D eigenvalue weighted by atomic mass is 9.80. The van der Waals surface area contributed by atoms with E-state index in [1.807, 2.05) is 18.6 Å².